The standard InChI is InChI=1S/C24H26N6O3/c1-16-12-20(17-6-5-9-25-15-17)28-30(16)11-10-26-24(31)22-14-21(27-29(22)2)19-13-18(32-3)7-8-23(19)33-4/h5-9,12-15H,10-11H2,1-4H3,(H,26,31). The summed E-state index contributed by atoms with van der Waals surface area (Å²) in [4.78, 5) is 17.0. The molecule has 1 amide bonds. The smallest absolute Gasteiger partial charge is 0.269 e. The number of methoxy groups -OCH3 is 2. The van der Waals surface area contributed by atoms with Crippen molar-refractivity contribution < 1.29 is 14.3 Å². The van der Waals surface area contributed by atoms with E-state index in [0.29, 0.717) is 36.0 Å². The number of hydrogen-bond acceptors (Lipinski definition) is 6. The highest BCUT2D eigenvalue weighted by Gasteiger charge is 2.17. The van der Waals surface area contributed by atoms with Gasteiger partial charge in [0.25, 0.3) is 5.91 Å². The van der Waals surface area contributed by atoms with Gasteiger partial charge in [0.2, 0.25) is 0 Å². The molecular weight excluding hydrogens is 420 g/mol. The van der Waals surface area contributed by atoms with Crippen molar-refractivity contribution in [2.45, 2.75) is 13.5 Å². The maximum Gasteiger partial charge on any atom is 0.269 e. The van der Waals surface area contributed by atoms with Crippen molar-refractivity contribution in [2.24, 2.45) is 7.05 Å². The molecule has 170 valence electrons. The lowest BCUT2D eigenvalue weighted by atomic mass is 10.1. The summed E-state index contributed by atoms with van der Waals surface area (Å²) >= 11 is 0. The first kappa shape index (κ1) is 22.1. The predicted octanol–water partition coefficient (Wildman–Crippen LogP) is 3.10. The van der Waals surface area contributed by atoms with E-state index in [9.17, 15) is 4.79 Å². The monoisotopic (exact) mass is 446 g/mol. The van der Waals surface area contributed by atoms with Crippen molar-refractivity contribution in [3.8, 4) is 34.0 Å². The summed E-state index contributed by atoms with van der Waals surface area (Å²) in [5.74, 6) is 1.12. The summed E-state index contributed by atoms with van der Waals surface area (Å²) < 4.78 is 14.2. The van der Waals surface area contributed by atoms with Crippen LogP contribution in [0, 0.1) is 6.92 Å². The third-order valence-corrected chi connectivity index (χ3v) is 5.34. The van der Waals surface area contributed by atoms with Gasteiger partial charge in [0.15, 0.2) is 0 Å². The van der Waals surface area contributed by atoms with Crippen LogP contribution in [0.1, 0.15) is 16.2 Å². The number of aromatic nitrogens is 5. The molecule has 0 aliphatic rings. The number of amides is 1. The molecule has 0 saturated heterocycles. The van der Waals surface area contributed by atoms with E-state index in [4.69, 9.17) is 9.47 Å². The second-order valence-corrected chi connectivity index (χ2v) is 7.50. The third-order valence-electron chi connectivity index (χ3n) is 5.34. The van der Waals surface area contributed by atoms with Crippen molar-refractivity contribution >= 4 is 5.91 Å². The van der Waals surface area contributed by atoms with Crippen LogP contribution in [0.2, 0.25) is 0 Å². The Labute approximate surface area is 192 Å². The lowest BCUT2D eigenvalue weighted by molar-refractivity contribution is 0.0942. The molecule has 0 radical (unpaired) electrons. The molecule has 0 unspecified atom stereocenters. The number of ether oxygens (including phenoxy) is 2. The molecule has 0 aliphatic carbocycles. The lowest BCUT2D eigenvalue weighted by Gasteiger charge is -2.08. The maximum absolute atomic E-state index is 12.8. The van der Waals surface area contributed by atoms with Gasteiger partial charge in [-0.15, -0.1) is 0 Å². The first-order valence-corrected chi connectivity index (χ1v) is 10.5. The van der Waals surface area contributed by atoms with E-state index in [0.717, 1.165) is 22.5 Å². The molecule has 0 aliphatic heterocycles. The number of rotatable bonds is 8. The Bertz CT molecular complexity index is 1260. The zero-order valence-corrected chi connectivity index (χ0v) is 19.1. The average molecular weight is 447 g/mol. The summed E-state index contributed by atoms with van der Waals surface area (Å²) in [6, 6.07) is 13.1. The van der Waals surface area contributed by atoms with Gasteiger partial charge in [-0.05, 0) is 49.4 Å². The molecule has 0 saturated carbocycles. The Hall–Kier alpha value is -4.14. The van der Waals surface area contributed by atoms with Crippen LogP contribution in [0.25, 0.3) is 22.5 Å². The largest absolute Gasteiger partial charge is 0.497 e. The van der Waals surface area contributed by atoms with E-state index in [-0.39, 0.29) is 5.91 Å². The summed E-state index contributed by atoms with van der Waals surface area (Å²) in [6.45, 7) is 2.96. The van der Waals surface area contributed by atoms with Crippen molar-refractivity contribution in [3.63, 3.8) is 0 Å². The molecule has 1 N–H and O–H groups in total. The van der Waals surface area contributed by atoms with E-state index in [1.165, 1.54) is 0 Å². The molecule has 33 heavy (non-hydrogen) atoms. The first-order valence-electron chi connectivity index (χ1n) is 10.5. The van der Waals surface area contributed by atoms with Gasteiger partial charge >= 0.3 is 0 Å². The van der Waals surface area contributed by atoms with Crippen LogP contribution in [-0.2, 0) is 13.6 Å². The van der Waals surface area contributed by atoms with Crippen LogP contribution >= 0.6 is 0 Å². The van der Waals surface area contributed by atoms with E-state index < -0.39 is 0 Å². The Morgan fingerprint density at radius 3 is 2.64 bits per heavy atom. The van der Waals surface area contributed by atoms with Crippen LogP contribution in [0.3, 0.4) is 0 Å². The molecule has 0 spiro atoms. The molecule has 0 bridgehead atoms. The van der Waals surface area contributed by atoms with Crippen molar-refractivity contribution in [1.82, 2.24) is 29.9 Å². The van der Waals surface area contributed by atoms with Crippen LogP contribution in [0.15, 0.2) is 54.9 Å². The van der Waals surface area contributed by atoms with Crippen LogP contribution in [0.4, 0.5) is 0 Å². The van der Waals surface area contributed by atoms with Gasteiger partial charge in [-0.2, -0.15) is 10.2 Å². The number of benzene rings is 1. The topological polar surface area (TPSA) is 96.1 Å². The Kier molecular flexibility index (Phi) is 6.39. The van der Waals surface area contributed by atoms with Gasteiger partial charge in [0.05, 0.1) is 32.2 Å². The number of hydrogen-bond donors (Lipinski definition) is 1. The van der Waals surface area contributed by atoms with Crippen LogP contribution in [-0.4, -0.2) is 51.2 Å². The molecule has 0 fully saturated rings. The summed E-state index contributed by atoms with van der Waals surface area (Å²) in [5.41, 5.74) is 4.65. The van der Waals surface area contributed by atoms with Crippen LogP contribution in [0.5, 0.6) is 11.5 Å². The molecular formula is C24H26N6O3. The molecule has 1 aromatic carbocycles. The molecule has 4 aromatic rings. The van der Waals surface area contributed by atoms with Crippen molar-refractivity contribution in [2.75, 3.05) is 20.8 Å². The minimum Gasteiger partial charge on any atom is -0.497 e. The minimum absolute atomic E-state index is 0.213. The van der Waals surface area contributed by atoms with Gasteiger partial charge in [-0.1, -0.05) is 0 Å². The van der Waals surface area contributed by atoms with Crippen molar-refractivity contribution in [3.05, 3.63) is 66.2 Å². The van der Waals surface area contributed by atoms with E-state index in [1.807, 2.05) is 48.0 Å². The highest BCUT2D eigenvalue weighted by Crippen LogP contribution is 2.32. The highest BCUT2D eigenvalue weighted by atomic mass is 16.5. The average Bonchev–Trinajstić information content (AvgIpc) is 3.41. The maximum atomic E-state index is 12.8. The molecule has 9 nitrogen and oxygen atoms in total. The molecule has 9 heteroatoms. The number of carbonyl (C=O) groups excluding carboxylic acids is 1. The molecule has 4 rings (SSSR count). The summed E-state index contributed by atoms with van der Waals surface area (Å²) in [5, 5.41) is 12.1. The van der Waals surface area contributed by atoms with Crippen molar-refractivity contribution in [1.29, 1.82) is 0 Å². The molecule has 3 aromatic heterocycles. The second kappa shape index (κ2) is 9.56. The van der Waals surface area contributed by atoms with Crippen LogP contribution < -0.4 is 14.8 Å². The number of aryl methyl sites for hydroxylation is 2. The summed E-state index contributed by atoms with van der Waals surface area (Å²) in [6.07, 6.45) is 3.52. The zero-order valence-electron chi connectivity index (χ0n) is 19.1. The Morgan fingerprint density at radius 1 is 1.06 bits per heavy atom. The van der Waals surface area contributed by atoms with E-state index >= 15 is 0 Å². The number of carbonyl (C=O) groups is 1. The van der Waals surface area contributed by atoms with Gasteiger partial charge in [-0.25, -0.2) is 0 Å². The normalized spacial score (nSPS) is 10.8. The van der Waals surface area contributed by atoms with E-state index in [1.54, 1.807) is 44.4 Å². The quantitative estimate of drug-likeness (QED) is 0.447. The first-order chi connectivity index (χ1) is 16.0. The van der Waals surface area contributed by atoms with Gasteiger partial charge in [-0.3, -0.25) is 19.1 Å². The second-order valence-electron chi connectivity index (χ2n) is 7.50. The fourth-order valence-corrected chi connectivity index (χ4v) is 3.58. The SMILES string of the molecule is COc1ccc(OC)c(-c2cc(C(=O)NCCn3nc(-c4cccnc4)cc3C)n(C)n2)c1. The predicted molar refractivity (Wildman–Crippen MR) is 124 cm³/mol. The van der Waals surface area contributed by atoms with Gasteiger partial charge in [0, 0.05) is 42.8 Å². The van der Waals surface area contributed by atoms with Gasteiger partial charge in [0.1, 0.15) is 17.2 Å². The number of nitrogens with one attached hydrogen (secondary N) is 1. The van der Waals surface area contributed by atoms with E-state index in [2.05, 4.69) is 20.5 Å². The Morgan fingerprint density at radius 2 is 1.91 bits per heavy atom. The fraction of sp³-hybridized carbons (Fsp3) is 0.250. The molecule has 3 heterocycles. The number of nitrogens with zero attached hydrogens (tertiary/aromatic N) is 5. The highest BCUT2D eigenvalue weighted by molar-refractivity contribution is 5.94. The third kappa shape index (κ3) is 4.72. The molecule has 0 atom stereocenters. The fourth-order valence-electron chi connectivity index (χ4n) is 3.58. The summed E-state index contributed by atoms with van der Waals surface area (Å²) in [7, 11) is 4.94. The Balaban J connectivity index is 1.44. The number of pyridine rings is 1. The lowest BCUT2D eigenvalue weighted by Crippen LogP contribution is -2.29. The zero-order chi connectivity index (χ0) is 23.4. The minimum atomic E-state index is -0.213. The van der Waals surface area contributed by atoms with Gasteiger partial charge < -0.3 is 14.8 Å².